The molecule has 0 aromatic heterocycles. The fourth-order valence-electron chi connectivity index (χ4n) is 3.20. The molecule has 0 bridgehead atoms. The van der Waals surface area contributed by atoms with Gasteiger partial charge in [-0.3, -0.25) is 0 Å². The van der Waals surface area contributed by atoms with Crippen molar-refractivity contribution in [2.24, 2.45) is 0 Å². The summed E-state index contributed by atoms with van der Waals surface area (Å²) in [6.07, 6.45) is 1.98. The zero-order valence-electron chi connectivity index (χ0n) is 20.0. The van der Waals surface area contributed by atoms with Gasteiger partial charge in [0.15, 0.2) is 14.1 Å². The van der Waals surface area contributed by atoms with E-state index in [0.717, 1.165) is 11.3 Å². The summed E-state index contributed by atoms with van der Waals surface area (Å²) in [5.74, 6) is 0.160. The van der Waals surface area contributed by atoms with E-state index < -0.39 is 14.1 Å². The van der Waals surface area contributed by atoms with Gasteiger partial charge in [0, 0.05) is 0 Å². The largest absolute Gasteiger partial charge is 0.497 e. The average molecular weight is 437 g/mol. The average Bonchev–Trinajstić information content (AvgIpc) is 2.97. The van der Waals surface area contributed by atoms with Crippen molar-refractivity contribution in [3.8, 4) is 5.75 Å². The lowest BCUT2D eigenvalue weighted by Gasteiger charge is -2.37. The predicted molar refractivity (Wildman–Crippen MR) is 123 cm³/mol. The maximum Gasteiger partial charge on any atom is 0.192 e. The van der Waals surface area contributed by atoms with E-state index in [2.05, 4.69) is 40.4 Å². The zero-order chi connectivity index (χ0) is 22.6. The Labute approximate surface area is 183 Å². The van der Waals surface area contributed by atoms with Crippen LogP contribution in [0.1, 0.15) is 46.6 Å². The van der Waals surface area contributed by atoms with Crippen molar-refractivity contribution in [3.63, 3.8) is 0 Å². The molecule has 1 aromatic rings. The Balaban J connectivity index is 2.09. The first-order valence-electron chi connectivity index (χ1n) is 10.7. The van der Waals surface area contributed by atoms with E-state index in [1.54, 1.807) is 7.11 Å². The minimum Gasteiger partial charge on any atom is -0.497 e. The SMILES string of the molecule is C=CC[C@H](OCc1ccc(OC)cc1)[C@@H]1OC(C)(C)O[C@H]1CO[Si](C)(C)C(C)(C)C. The molecule has 6 heteroatoms. The van der Waals surface area contributed by atoms with Gasteiger partial charge in [0.25, 0.3) is 0 Å². The lowest BCUT2D eigenvalue weighted by molar-refractivity contribution is -0.161. The Hall–Kier alpha value is -1.18. The van der Waals surface area contributed by atoms with Crippen LogP contribution in [0.3, 0.4) is 0 Å². The molecule has 1 aromatic carbocycles. The second kappa shape index (κ2) is 9.96. The number of hydrogen-bond donors (Lipinski definition) is 0. The van der Waals surface area contributed by atoms with Gasteiger partial charge in [-0.15, -0.1) is 6.58 Å². The van der Waals surface area contributed by atoms with Crippen LogP contribution >= 0.6 is 0 Å². The van der Waals surface area contributed by atoms with Crippen LogP contribution in [0.15, 0.2) is 36.9 Å². The topological polar surface area (TPSA) is 46.2 Å². The van der Waals surface area contributed by atoms with E-state index in [0.29, 0.717) is 19.6 Å². The quantitative estimate of drug-likeness (QED) is 0.348. The maximum absolute atomic E-state index is 6.46. The Morgan fingerprint density at radius 2 is 1.80 bits per heavy atom. The standard InChI is InChI=1S/C24H40O5Si/c1-10-11-20(26-16-18-12-14-19(25-7)15-13-18)22-21(28-24(5,6)29-22)17-27-30(8,9)23(2,3)4/h10,12-15,20-22H,1,11,16-17H2,2-9H3/t20-,21-,22-/m0/s1. The van der Waals surface area contributed by atoms with Crippen LogP contribution in [0.2, 0.25) is 18.1 Å². The lowest BCUT2D eigenvalue weighted by Crippen LogP contribution is -2.46. The molecule has 1 saturated heterocycles. The molecule has 0 saturated carbocycles. The monoisotopic (exact) mass is 436 g/mol. The lowest BCUT2D eigenvalue weighted by atomic mass is 10.1. The van der Waals surface area contributed by atoms with Crippen molar-refractivity contribution in [2.45, 2.75) is 89.9 Å². The smallest absolute Gasteiger partial charge is 0.192 e. The van der Waals surface area contributed by atoms with Gasteiger partial charge in [0.2, 0.25) is 0 Å². The zero-order valence-corrected chi connectivity index (χ0v) is 21.0. The molecule has 0 radical (unpaired) electrons. The molecule has 1 aliphatic heterocycles. The Morgan fingerprint density at radius 3 is 2.33 bits per heavy atom. The van der Waals surface area contributed by atoms with Gasteiger partial charge in [-0.25, -0.2) is 0 Å². The summed E-state index contributed by atoms with van der Waals surface area (Å²) < 4.78 is 30.5. The van der Waals surface area contributed by atoms with E-state index in [1.165, 1.54) is 0 Å². The molecular weight excluding hydrogens is 396 g/mol. The van der Waals surface area contributed by atoms with Gasteiger partial charge in [-0.2, -0.15) is 0 Å². The third-order valence-corrected chi connectivity index (χ3v) is 10.5. The molecule has 170 valence electrons. The van der Waals surface area contributed by atoms with Crippen molar-refractivity contribution < 1.29 is 23.4 Å². The van der Waals surface area contributed by atoms with E-state index in [4.69, 9.17) is 23.4 Å². The van der Waals surface area contributed by atoms with Crippen molar-refractivity contribution in [1.29, 1.82) is 0 Å². The van der Waals surface area contributed by atoms with Gasteiger partial charge >= 0.3 is 0 Å². The van der Waals surface area contributed by atoms with Crippen LogP contribution in [0.25, 0.3) is 0 Å². The van der Waals surface area contributed by atoms with Gasteiger partial charge in [0.1, 0.15) is 18.0 Å². The first kappa shape index (κ1) is 25.1. The molecule has 1 fully saturated rings. The van der Waals surface area contributed by atoms with Crippen molar-refractivity contribution in [2.75, 3.05) is 13.7 Å². The van der Waals surface area contributed by atoms with Gasteiger partial charge in [-0.1, -0.05) is 39.0 Å². The molecule has 0 amide bonds. The minimum atomic E-state index is -1.89. The highest BCUT2D eigenvalue weighted by atomic mass is 28.4. The van der Waals surface area contributed by atoms with E-state index in [-0.39, 0.29) is 23.4 Å². The Morgan fingerprint density at radius 1 is 1.17 bits per heavy atom. The third-order valence-electron chi connectivity index (χ3n) is 6.02. The number of hydrogen-bond acceptors (Lipinski definition) is 5. The van der Waals surface area contributed by atoms with Crippen molar-refractivity contribution in [3.05, 3.63) is 42.5 Å². The Bertz CT molecular complexity index is 678. The second-order valence-electron chi connectivity index (χ2n) is 9.93. The van der Waals surface area contributed by atoms with Crippen LogP contribution < -0.4 is 4.74 Å². The van der Waals surface area contributed by atoms with Crippen LogP contribution in [0.4, 0.5) is 0 Å². The minimum absolute atomic E-state index is 0.142. The van der Waals surface area contributed by atoms with Crippen LogP contribution in [0, 0.1) is 0 Å². The highest BCUT2D eigenvalue weighted by Gasteiger charge is 2.47. The summed E-state index contributed by atoms with van der Waals surface area (Å²) in [5, 5.41) is 0.142. The maximum atomic E-state index is 6.46. The molecule has 0 N–H and O–H groups in total. The molecule has 3 atom stereocenters. The van der Waals surface area contributed by atoms with Gasteiger partial charge < -0.3 is 23.4 Å². The molecule has 0 aliphatic carbocycles. The van der Waals surface area contributed by atoms with Crippen LogP contribution in [-0.2, 0) is 25.2 Å². The third kappa shape index (κ3) is 6.66. The molecule has 1 aliphatic rings. The molecule has 0 unspecified atom stereocenters. The fourth-order valence-corrected chi connectivity index (χ4v) is 4.21. The summed E-state index contributed by atoms with van der Waals surface area (Å²) in [4.78, 5) is 0. The highest BCUT2D eigenvalue weighted by molar-refractivity contribution is 6.74. The molecule has 2 rings (SSSR count). The van der Waals surface area contributed by atoms with Gasteiger partial charge in [-0.05, 0) is 56.1 Å². The Kier molecular flexibility index (Phi) is 8.33. The number of methoxy groups -OCH3 is 1. The molecule has 5 nitrogen and oxygen atoms in total. The normalized spacial score (nSPS) is 22.7. The van der Waals surface area contributed by atoms with Gasteiger partial charge in [0.05, 0.1) is 26.4 Å². The van der Waals surface area contributed by atoms with E-state index in [9.17, 15) is 0 Å². The summed E-state index contributed by atoms with van der Waals surface area (Å²) in [6.45, 7) is 20.0. The van der Waals surface area contributed by atoms with E-state index >= 15 is 0 Å². The summed E-state index contributed by atoms with van der Waals surface area (Å²) >= 11 is 0. The first-order chi connectivity index (χ1) is 13.9. The summed E-state index contributed by atoms with van der Waals surface area (Å²) in [6, 6.07) is 7.90. The number of ether oxygens (including phenoxy) is 4. The highest BCUT2D eigenvalue weighted by Crippen LogP contribution is 2.38. The van der Waals surface area contributed by atoms with Crippen LogP contribution in [-0.4, -0.2) is 46.1 Å². The van der Waals surface area contributed by atoms with E-state index in [1.807, 2.05) is 44.2 Å². The molecule has 1 heterocycles. The van der Waals surface area contributed by atoms with Crippen molar-refractivity contribution >= 4 is 8.32 Å². The first-order valence-corrected chi connectivity index (χ1v) is 13.6. The summed E-state index contributed by atoms with van der Waals surface area (Å²) in [5.41, 5.74) is 1.08. The number of benzene rings is 1. The van der Waals surface area contributed by atoms with Crippen molar-refractivity contribution in [1.82, 2.24) is 0 Å². The molecule has 30 heavy (non-hydrogen) atoms. The second-order valence-corrected chi connectivity index (χ2v) is 14.7. The predicted octanol–water partition coefficient (Wildman–Crippen LogP) is 5.70. The summed E-state index contributed by atoms with van der Waals surface area (Å²) in [7, 11) is -0.227. The fraction of sp³-hybridized carbons (Fsp3) is 0.667. The molecular formula is C24H40O5Si. The van der Waals surface area contributed by atoms with Crippen LogP contribution in [0.5, 0.6) is 5.75 Å². The number of rotatable bonds is 10. The molecule has 0 spiro atoms.